The quantitative estimate of drug-likeness (QED) is 0.714. The molecule has 0 spiro atoms. The SMILES string of the molecule is CCCNC(c1ccc(Cl)s1)C(CC)(CC)N1CCCC1. The Labute approximate surface area is 138 Å². The molecule has 1 N–H and O–H groups in total. The average molecular weight is 329 g/mol. The number of nitrogens with zero attached hydrogens (tertiary/aromatic N) is 1. The first-order chi connectivity index (χ1) is 10.2. The van der Waals surface area contributed by atoms with Crippen molar-refractivity contribution in [2.45, 2.75) is 64.5 Å². The first-order valence-corrected chi connectivity index (χ1v) is 9.61. The molecular formula is C17H29ClN2S. The summed E-state index contributed by atoms with van der Waals surface area (Å²) in [5.41, 5.74) is 0.222. The van der Waals surface area contributed by atoms with E-state index < -0.39 is 0 Å². The van der Waals surface area contributed by atoms with Crippen molar-refractivity contribution >= 4 is 22.9 Å². The van der Waals surface area contributed by atoms with Gasteiger partial charge in [-0.05, 0) is 63.9 Å². The molecule has 1 fully saturated rings. The molecule has 1 aromatic heterocycles. The van der Waals surface area contributed by atoms with E-state index in [1.54, 1.807) is 11.3 Å². The van der Waals surface area contributed by atoms with E-state index in [2.05, 4.69) is 37.1 Å². The molecule has 0 radical (unpaired) electrons. The molecule has 0 saturated carbocycles. The number of hydrogen-bond acceptors (Lipinski definition) is 3. The first-order valence-electron chi connectivity index (χ1n) is 8.41. The number of thiophene rings is 1. The number of nitrogens with one attached hydrogen (secondary N) is 1. The van der Waals surface area contributed by atoms with Crippen molar-refractivity contribution in [3.8, 4) is 0 Å². The van der Waals surface area contributed by atoms with Crippen molar-refractivity contribution in [3.05, 3.63) is 21.3 Å². The Morgan fingerprint density at radius 3 is 2.38 bits per heavy atom. The van der Waals surface area contributed by atoms with Crippen molar-refractivity contribution in [3.63, 3.8) is 0 Å². The van der Waals surface area contributed by atoms with Gasteiger partial charge in [-0.25, -0.2) is 0 Å². The van der Waals surface area contributed by atoms with E-state index in [4.69, 9.17) is 11.6 Å². The van der Waals surface area contributed by atoms with Crippen LogP contribution in [0.3, 0.4) is 0 Å². The molecule has 21 heavy (non-hydrogen) atoms. The molecule has 1 aliphatic rings. The van der Waals surface area contributed by atoms with Gasteiger partial charge >= 0.3 is 0 Å². The normalized spacial score (nSPS) is 18.3. The third kappa shape index (κ3) is 3.64. The van der Waals surface area contributed by atoms with E-state index in [1.165, 1.54) is 50.1 Å². The Morgan fingerprint density at radius 1 is 1.24 bits per heavy atom. The van der Waals surface area contributed by atoms with Gasteiger partial charge in [0.1, 0.15) is 0 Å². The summed E-state index contributed by atoms with van der Waals surface area (Å²) in [6, 6.07) is 4.65. The van der Waals surface area contributed by atoms with Crippen LogP contribution in [0.5, 0.6) is 0 Å². The third-order valence-electron chi connectivity index (χ3n) is 4.97. The fraction of sp³-hybridized carbons (Fsp3) is 0.765. The highest BCUT2D eigenvalue weighted by Crippen LogP contribution is 2.42. The predicted molar refractivity (Wildman–Crippen MR) is 94.5 cm³/mol. The summed E-state index contributed by atoms with van der Waals surface area (Å²) in [6.07, 6.45) is 6.21. The van der Waals surface area contributed by atoms with Gasteiger partial charge in [0.05, 0.1) is 10.4 Å². The second-order valence-corrected chi connectivity index (χ2v) is 7.78. The Kier molecular flexibility index (Phi) is 6.54. The lowest BCUT2D eigenvalue weighted by Crippen LogP contribution is -2.55. The highest BCUT2D eigenvalue weighted by atomic mass is 35.5. The summed E-state index contributed by atoms with van der Waals surface area (Å²) >= 11 is 7.95. The lowest BCUT2D eigenvalue weighted by molar-refractivity contribution is 0.0630. The second kappa shape index (κ2) is 7.96. The van der Waals surface area contributed by atoms with Crippen molar-refractivity contribution in [2.24, 2.45) is 0 Å². The highest BCUT2D eigenvalue weighted by Gasteiger charge is 2.43. The first kappa shape index (κ1) is 17.3. The molecule has 2 rings (SSSR count). The lowest BCUT2D eigenvalue weighted by atomic mass is 9.81. The van der Waals surface area contributed by atoms with E-state index in [0.717, 1.165) is 10.9 Å². The summed E-state index contributed by atoms with van der Waals surface area (Å²) in [7, 11) is 0. The zero-order valence-corrected chi connectivity index (χ0v) is 15.2. The molecule has 1 aromatic rings. The van der Waals surface area contributed by atoms with Crippen molar-refractivity contribution in [2.75, 3.05) is 19.6 Å². The van der Waals surface area contributed by atoms with Gasteiger partial charge in [-0.15, -0.1) is 11.3 Å². The average Bonchev–Trinajstić information content (AvgIpc) is 3.16. The molecule has 4 heteroatoms. The van der Waals surface area contributed by atoms with Crippen LogP contribution < -0.4 is 5.32 Å². The largest absolute Gasteiger partial charge is 0.308 e. The van der Waals surface area contributed by atoms with Gasteiger partial charge in [0.25, 0.3) is 0 Å². The third-order valence-corrected chi connectivity index (χ3v) is 6.27. The van der Waals surface area contributed by atoms with Crippen LogP contribution in [0.25, 0.3) is 0 Å². The second-order valence-electron chi connectivity index (χ2n) is 6.03. The van der Waals surface area contributed by atoms with Gasteiger partial charge in [0.2, 0.25) is 0 Å². The van der Waals surface area contributed by atoms with Crippen LogP contribution in [0.2, 0.25) is 4.34 Å². The minimum absolute atomic E-state index is 0.222. The lowest BCUT2D eigenvalue weighted by Gasteiger charge is -2.47. The number of halogens is 1. The zero-order valence-electron chi connectivity index (χ0n) is 13.6. The molecule has 0 aliphatic carbocycles. The molecule has 0 amide bonds. The van der Waals surface area contributed by atoms with Crippen LogP contribution >= 0.6 is 22.9 Å². The summed E-state index contributed by atoms with van der Waals surface area (Å²) in [5, 5.41) is 3.83. The number of hydrogen-bond donors (Lipinski definition) is 1. The van der Waals surface area contributed by atoms with Gasteiger partial charge in [-0.3, -0.25) is 4.90 Å². The monoisotopic (exact) mass is 328 g/mol. The fourth-order valence-corrected chi connectivity index (χ4v) is 5.03. The summed E-state index contributed by atoms with van der Waals surface area (Å²) in [6.45, 7) is 10.5. The van der Waals surface area contributed by atoms with Crippen LogP contribution in [0.15, 0.2) is 12.1 Å². The maximum Gasteiger partial charge on any atom is 0.0931 e. The van der Waals surface area contributed by atoms with Gasteiger partial charge in [0, 0.05) is 10.4 Å². The van der Waals surface area contributed by atoms with Gasteiger partial charge < -0.3 is 5.32 Å². The number of rotatable bonds is 8. The molecule has 1 atom stereocenters. The summed E-state index contributed by atoms with van der Waals surface area (Å²) in [4.78, 5) is 4.12. The Balaban J connectivity index is 2.33. The smallest absolute Gasteiger partial charge is 0.0931 e. The Hall–Kier alpha value is -0.0900. The van der Waals surface area contributed by atoms with Crippen LogP contribution in [-0.2, 0) is 0 Å². The van der Waals surface area contributed by atoms with E-state index >= 15 is 0 Å². The minimum atomic E-state index is 0.222. The molecule has 120 valence electrons. The summed E-state index contributed by atoms with van der Waals surface area (Å²) < 4.78 is 0.899. The topological polar surface area (TPSA) is 15.3 Å². The number of likely N-dealkylation sites (tertiary alicyclic amines) is 1. The van der Waals surface area contributed by atoms with Gasteiger partial charge in [-0.2, -0.15) is 0 Å². The molecule has 0 bridgehead atoms. The molecule has 2 nitrogen and oxygen atoms in total. The van der Waals surface area contributed by atoms with Crippen molar-refractivity contribution in [1.29, 1.82) is 0 Å². The molecular weight excluding hydrogens is 300 g/mol. The van der Waals surface area contributed by atoms with Crippen LogP contribution in [0.4, 0.5) is 0 Å². The molecule has 1 saturated heterocycles. The van der Waals surface area contributed by atoms with E-state index in [-0.39, 0.29) is 5.54 Å². The molecule has 0 aromatic carbocycles. The van der Waals surface area contributed by atoms with Gasteiger partial charge in [-0.1, -0.05) is 32.4 Å². The van der Waals surface area contributed by atoms with Crippen molar-refractivity contribution < 1.29 is 0 Å². The van der Waals surface area contributed by atoms with Crippen LogP contribution in [0, 0.1) is 0 Å². The standard InChI is InChI=1S/C17H29ClN2S/c1-4-11-19-16(14-9-10-15(18)21-14)17(5-2,6-3)20-12-7-8-13-20/h9-10,16,19H,4-8,11-13H2,1-3H3. The van der Waals surface area contributed by atoms with Crippen LogP contribution in [-0.4, -0.2) is 30.1 Å². The summed E-state index contributed by atoms with van der Waals surface area (Å²) in [5.74, 6) is 0. The molecule has 1 unspecified atom stereocenters. The highest BCUT2D eigenvalue weighted by molar-refractivity contribution is 7.16. The maximum absolute atomic E-state index is 6.21. The molecule has 2 heterocycles. The van der Waals surface area contributed by atoms with E-state index in [0.29, 0.717) is 6.04 Å². The maximum atomic E-state index is 6.21. The Morgan fingerprint density at radius 2 is 1.90 bits per heavy atom. The van der Waals surface area contributed by atoms with E-state index in [9.17, 15) is 0 Å². The fourth-order valence-electron chi connectivity index (χ4n) is 3.78. The van der Waals surface area contributed by atoms with Crippen molar-refractivity contribution in [1.82, 2.24) is 10.2 Å². The molecule has 1 aliphatic heterocycles. The Bertz CT molecular complexity index is 422. The predicted octanol–water partition coefficient (Wildman–Crippen LogP) is 5.10. The van der Waals surface area contributed by atoms with E-state index in [1.807, 2.05) is 6.07 Å². The minimum Gasteiger partial charge on any atom is -0.308 e. The zero-order chi connectivity index (χ0) is 15.3. The van der Waals surface area contributed by atoms with Gasteiger partial charge in [0.15, 0.2) is 0 Å². The van der Waals surface area contributed by atoms with Crippen LogP contribution in [0.1, 0.15) is 63.8 Å².